The normalized spacial score (nSPS) is 39.6. The number of esters is 1. The van der Waals surface area contributed by atoms with E-state index in [9.17, 15) is 15.0 Å². The van der Waals surface area contributed by atoms with Crippen LogP contribution in [0.4, 0.5) is 0 Å². The topological polar surface area (TPSA) is 88.5 Å². The molecule has 2 unspecified atom stereocenters. The van der Waals surface area contributed by atoms with Crippen molar-refractivity contribution >= 4 is 5.97 Å². The molecule has 0 radical (unpaired) electrons. The summed E-state index contributed by atoms with van der Waals surface area (Å²) in [5.41, 5.74) is 1.00. The maximum Gasteiger partial charge on any atom is 0.330 e. The van der Waals surface area contributed by atoms with Gasteiger partial charge in [-0.2, -0.15) is 0 Å². The zero-order valence-electron chi connectivity index (χ0n) is 22.1. The van der Waals surface area contributed by atoms with Gasteiger partial charge in [0.25, 0.3) is 0 Å². The van der Waals surface area contributed by atoms with Gasteiger partial charge in [0.1, 0.15) is 18.3 Å². The summed E-state index contributed by atoms with van der Waals surface area (Å²) in [6.07, 6.45) is 21.1. The fourth-order valence-corrected chi connectivity index (χ4v) is 5.74. The van der Waals surface area contributed by atoms with E-state index in [0.29, 0.717) is 25.2 Å². The molecule has 1 fully saturated rings. The zero-order chi connectivity index (χ0) is 26.2. The van der Waals surface area contributed by atoms with Crippen LogP contribution in [-0.2, 0) is 19.0 Å². The van der Waals surface area contributed by atoms with Crippen LogP contribution in [0.1, 0.15) is 71.1 Å². The fraction of sp³-hybridized carbons (Fsp3) is 0.645. The first-order valence-corrected chi connectivity index (χ1v) is 14.1. The first-order chi connectivity index (χ1) is 17.9. The lowest BCUT2D eigenvalue weighted by Crippen LogP contribution is -2.32. The van der Waals surface area contributed by atoms with Crippen LogP contribution >= 0.6 is 0 Å². The average Bonchev–Trinajstić information content (AvgIpc) is 3.65. The summed E-state index contributed by atoms with van der Waals surface area (Å²) in [6, 6.07) is 0. The third-order valence-corrected chi connectivity index (χ3v) is 7.75. The van der Waals surface area contributed by atoms with Crippen molar-refractivity contribution in [3.63, 3.8) is 0 Å². The van der Waals surface area contributed by atoms with Crippen LogP contribution in [0.15, 0.2) is 60.8 Å². The molecule has 6 nitrogen and oxygen atoms in total. The Kier molecular flexibility index (Phi) is 10.4. The largest absolute Gasteiger partial charge is 0.456 e. The molecule has 3 aliphatic heterocycles. The van der Waals surface area contributed by atoms with Gasteiger partial charge in [-0.3, -0.25) is 0 Å². The van der Waals surface area contributed by atoms with Crippen LogP contribution < -0.4 is 0 Å². The molecule has 4 aliphatic rings. The lowest BCUT2D eigenvalue weighted by molar-refractivity contribution is -0.148. The molecular formula is C31H44O6. The Morgan fingerprint density at radius 1 is 1.08 bits per heavy atom. The number of epoxide rings is 1. The molecule has 37 heavy (non-hydrogen) atoms. The van der Waals surface area contributed by atoms with Crippen molar-refractivity contribution in [1.29, 1.82) is 0 Å². The number of aliphatic hydroxyl groups excluding tert-OH is 2. The predicted octanol–water partition coefficient (Wildman–Crippen LogP) is 5.12. The number of hydrogen-bond donors (Lipinski definition) is 2. The van der Waals surface area contributed by atoms with Crippen LogP contribution in [0.5, 0.6) is 0 Å². The van der Waals surface area contributed by atoms with E-state index < -0.39 is 24.3 Å². The fourth-order valence-electron chi connectivity index (χ4n) is 5.74. The summed E-state index contributed by atoms with van der Waals surface area (Å²) >= 11 is 0. The second-order valence-electron chi connectivity index (χ2n) is 11.3. The van der Waals surface area contributed by atoms with Gasteiger partial charge >= 0.3 is 5.97 Å². The number of carbonyl (C=O) groups excluding carboxylic acids is 1. The highest BCUT2D eigenvalue weighted by atomic mass is 16.6. The molecule has 4 rings (SSSR count). The Balaban J connectivity index is 1.44. The number of aliphatic hydroxyl groups is 2. The van der Waals surface area contributed by atoms with Gasteiger partial charge in [-0.05, 0) is 63.2 Å². The van der Waals surface area contributed by atoms with Crippen LogP contribution in [0, 0.1) is 11.8 Å². The number of ether oxygens (including phenoxy) is 3. The Labute approximate surface area is 221 Å². The Hall–Kier alpha value is -1.99. The average molecular weight is 513 g/mol. The summed E-state index contributed by atoms with van der Waals surface area (Å²) < 4.78 is 17.7. The smallest absolute Gasteiger partial charge is 0.330 e. The molecule has 2 bridgehead atoms. The lowest BCUT2D eigenvalue weighted by Gasteiger charge is -2.28. The second-order valence-corrected chi connectivity index (χ2v) is 11.3. The number of hydrogen-bond acceptors (Lipinski definition) is 6. The molecule has 6 heteroatoms. The quantitative estimate of drug-likeness (QED) is 0.310. The molecule has 0 aromatic heterocycles. The molecule has 0 aromatic rings. The van der Waals surface area contributed by atoms with Crippen molar-refractivity contribution in [3.05, 3.63) is 60.8 Å². The maximum absolute atomic E-state index is 12.7. The van der Waals surface area contributed by atoms with Crippen molar-refractivity contribution < 1.29 is 29.2 Å². The van der Waals surface area contributed by atoms with Crippen LogP contribution in [0.2, 0.25) is 0 Å². The first-order valence-electron chi connectivity index (χ1n) is 14.1. The van der Waals surface area contributed by atoms with Crippen molar-refractivity contribution in [2.24, 2.45) is 11.8 Å². The predicted molar refractivity (Wildman–Crippen MR) is 144 cm³/mol. The van der Waals surface area contributed by atoms with E-state index in [4.69, 9.17) is 14.2 Å². The van der Waals surface area contributed by atoms with Gasteiger partial charge in [0.05, 0.1) is 24.4 Å². The SMILES string of the molecule is C=C1C[C@H](C)C[C@@H]2CC=C[C@@H](C/C=C\C(=O)OC([C@@H](O)/C=C/C3C=CCCCC3)C[C@@H]3O[C@H]3[C@@H](O)C1)O2. The molecule has 2 N–H and O–H groups in total. The minimum absolute atomic E-state index is 0.0727. The van der Waals surface area contributed by atoms with E-state index in [1.54, 1.807) is 12.2 Å². The minimum atomic E-state index is -0.956. The van der Waals surface area contributed by atoms with E-state index in [0.717, 1.165) is 44.1 Å². The van der Waals surface area contributed by atoms with Gasteiger partial charge < -0.3 is 24.4 Å². The van der Waals surface area contributed by atoms with Gasteiger partial charge in [-0.15, -0.1) is 0 Å². The van der Waals surface area contributed by atoms with Crippen molar-refractivity contribution in [1.82, 2.24) is 0 Å². The molecule has 1 saturated heterocycles. The Bertz CT molecular complexity index is 888. The lowest BCUT2D eigenvalue weighted by atomic mass is 9.91. The van der Waals surface area contributed by atoms with Crippen LogP contribution in [0.3, 0.4) is 0 Å². The molecule has 0 amide bonds. The monoisotopic (exact) mass is 512 g/mol. The number of allylic oxidation sites excluding steroid dienone is 3. The Morgan fingerprint density at radius 2 is 1.95 bits per heavy atom. The van der Waals surface area contributed by atoms with Gasteiger partial charge in [0.15, 0.2) is 0 Å². The molecule has 204 valence electrons. The van der Waals surface area contributed by atoms with Gasteiger partial charge in [0, 0.05) is 12.5 Å². The number of carbonyl (C=O) groups is 1. The van der Waals surface area contributed by atoms with Crippen molar-refractivity contribution in [2.45, 2.75) is 114 Å². The van der Waals surface area contributed by atoms with E-state index in [1.165, 1.54) is 12.5 Å². The molecule has 3 heterocycles. The standard InChI is InChI=1S/C31H44O6/c1-21-17-22(2)19-27(33)31-29(37-31)20-28(26(32)16-15-23-9-5-3-4-6-10-23)36-30(34)14-8-12-24-11-7-13-25(18-21)35-24/h5,7-9,11,14-16,21,23-29,31-33H,2-4,6,10,12-13,17-20H2,1H3/b14-8-,16-15+/t21-,23?,24-,25-,26-,27-,28?,29-,31-/m0/s1. The van der Waals surface area contributed by atoms with Crippen molar-refractivity contribution in [2.75, 3.05) is 0 Å². The summed E-state index contributed by atoms with van der Waals surface area (Å²) in [6.45, 7) is 6.40. The van der Waals surface area contributed by atoms with Crippen LogP contribution in [-0.4, -0.2) is 58.9 Å². The number of rotatable bonds is 3. The maximum atomic E-state index is 12.7. The molecule has 0 spiro atoms. The highest BCUT2D eigenvalue weighted by Gasteiger charge is 2.46. The third kappa shape index (κ3) is 9.06. The minimum Gasteiger partial charge on any atom is -0.456 e. The number of cyclic esters (lactones) is 1. The molecule has 0 aromatic carbocycles. The number of fused-ring (bicyclic) bond motifs is 3. The van der Waals surface area contributed by atoms with Gasteiger partial charge in [0.2, 0.25) is 0 Å². The third-order valence-electron chi connectivity index (χ3n) is 7.75. The zero-order valence-corrected chi connectivity index (χ0v) is 22.1. The molecule has 1 aliphatic carbocycles. The summed E-state index contributed by atoms with van der Waals surface area (Å²) in [5, 5.41) is 21.7. The highest BCUT2D eigenvalue weighted by Crippen LogP contribution is 2.35. The van der Waals surface area contributed by atoms with E-state index in [2.05, 4.69) is 31.7 Å². The van der Waals surface area contributed by atoms with Crippen LogP contribution in [0.25, 0.3) is 0 Å². The van der Waals surface area contributed by atoms with E-state index in [-0.39, 0.29) is 30.3 Å². The summed E-state index contributed by atoms with van der Waals surface area (Å²) in [5.74, 6) is 0.176. The highest BCUT2D eigenvalue weighted by molar-refractivity contribution is 5.82. The molecule has 0 saturated carbocycles. The summed E-state index contributed by atoms with van der Waals surface area (Å²) in [7, 11) is 0. The Morgan fingerprint density at radius 3 is 2.81 bits per heavy atom. The molecule has 9 atom stereocenters. The van der Waals surface area contributed by atoms with E-state index >= 15 is 0 Å². The van der Waals surface area contributed by atoms with Crippen molar-refractivity contribution in [3.8, 4) is 0 Å². The van der Waals surface area contributed by atoms with E-state index in [1.807, 2.05) is 12.2 Å². The summed E-state index contributed by atoms with van der Waals surface area (Å²) in [4.78, 5) is 12.7. The molecular weight excluding hydrogens is 468 g/mol. The second kappa shape index (κ2) is 13.7. The first kappa shape index (κ1) is 28.0. The van der Waals surface area contributed by atoms with Gasteiger partial charge in [-0.1, -0.05) is 68.0 Å². The van der Waals surface area contributed by atoms with Gasteiger partial charge in [-0.25, -0.2) is 4.79 Å².